The van der Waals surface area contributed by atoms with Gasteiger partial charge in [0, 0.05) is 12.6 Å². The van der Waals surface area contributed by atoms with E-state index in [1.807, 2.05) is 42.5 Å². The van der Waals surface area contributed by atoms with Gasteiger partial charge in [-0.3, -0.25) is 4.79 Å². The lowest BCUT2D eigenvalue weighted by atomic mass is 9.89. The first kappa shape index (κ1) is 20.8. The van der Waals surface area contributed by atoms with Crippen molar-refractivity contribution < 1.29 is 23.5 Å². The first-order valence-corrected chi connectivity index (χ1v) is 9.62. The average molecular weight is 402 g/mol. The van der Waals surface area contributed by atoms with Crippen LogP contribution in [0.3, 0.4) is 0 Å². The van der Waals surface area contributed by atoms with Crippen molar-refractivity contribution in [3.8, 4) is 11.1 Å². The molecular weight excluding hydrogens is 378 g/mol. The number of hydrogen-bond acceptors (Lipinski definition) is 2. The van der Waals surface area contributed by atoms with E-state index in [2.05, 4.69) is 5.32 Å². The van der Waals surface area contributed by atoms with Gasteiger partial charge in [-0.15, -0.1) is 0 Å². The smallest absolute Gasteiger partial charge is 0.404 e. The number of alkyl halides is 2. The van der Waals surface area contributed by atoms with Gasteiger partial charge in [-0.2, -0.15) is 0 Å². The van der Waals surface area contributed by atoms with E-state index < -0.39 is 36.4 Å². The predicted octanol–water partition coefficient (Wildman–Crippen LogP) is 4.35. The summed E-state index contributed by atoms with van der Waals surface area (Å²) in [7, 11) is 0. The van der Waals surface area contributed by atoms with Gasteiger partial charge in [-0.05, 0) is 36.5 Å². The van der Waals surface area contributed by atoms with Crippen LogP contribution in [0.25, 0.3) is 11.1 Å². The van der Waals surface area contributed by atoms with Crippen LogP contribution in [0.5, 0.6) is 0 Å². The average Bonchev–Trinajstić information content (AvgIpc) is 2.71. The fraction of sp³-hybridized carbons (Fsp3) is 0.364. The quantitative estimate of drug-likeness (QED) is 0.731. The van der Waals surface area contributed by atoms with Crippen molar-refractivity contribution in [1.82, 2.24) is 10.2 Å². The lowest BCUT2D eigenvalue weighted by molar-refractivity contribution is -0.145. The van der Waals surface area contributed by atoms with E-state index in [0.29, 0.717) is 12.0 Å². The molecule has 1 aliphatic rings. The molecule has 2 aromatic carbocycles. The monoisotopic (exact) mass is 402 g/mol. The van der Waals surface area contributed by atoms with Gasteiger partial charge in [0.15, 0.2) is 0 Å². The molecule has 0 spiro atoms. The van der Waals surface area contributed by atoms with Gasteiger partial charge < -0.3 is 15.3 Å². The Hall–Kier alpha value is -2.96. The molecule has 0 aromatic heterocycles. The third-order valence-electron chi connectivity index (χ3n) is 5.25. The summed E-state index contributed by atoms with van der Waals surface area (Å²) in [5.41, 5.74) is 2.48. The highest BCUT2D eigenvalue weighted by molar-refractivity contribution is 5.86. The normalized spacial score (nSPS) is 21.3. The van der Waals surface area contributed by atoms with Gasteiger partial charge in [0.05, 0.1) is 5.92 Å². The molecule has 0 aliphatic carbocycles. The van der Waals surface area contributed by atoms with Gasteiger partial charge in [-0.25, -0.2) is 13.6 Å². The molecule has 4 unspecified atom stereocenters. The molecule has 1 heterocycles. The molecule has 1 fully saturated rings. The highest BCUT2D eigenvalue weighted by Gasteiger charge is 2.40. The van der Waals surface area contributed by atoms with Crippen molar-refractivity contribution >= 4 is 12.0 Å². The summed E-state index contributed by atoms with van der Waals surface area (Å²) >= 11 is 0. The number of carbonyl (C=O) groups is 2. The highest BCUT2D eigenvalue weighted by Crippen LogP contribution is 2.30. The second kappa shape index (κ2) is 9.03. The second-order valence-electron chi connectivity index (χ2n) is 7.27. The van der Waals surface area contributed by atoms with Gasteiger partial charge in [0.2, 0.25) is 12.2 Å². The number of likely N-dealkylation sites (tertiary alicyclic amines) is 1. The Kier molecular flexibility index (Phi) is 6.46. The Bertz CT molecular complexity index is 845. The Morgan fingerprint density at radius 3 is 2.31 bits per heavy atom. The van der Waals surface area contributed by atoms with Crippen LogP contribution in [-0.4, -0.2) is 47.1 Å². The zero-order chi connectivity index (χ0) is 21.0. The molecule has 29 heavy (non-hydrogen) atoms. The maximum Gasteiger partial charge on any atom is 0.404 e. The number of nitrogens with zero attached hydrogens (tertiary/aromatic N) is 1. The van der Waals surface area contributed by atoms with Crippen molar-refractivity contribution in [3.05, 3.63) is 60.2 Å². The van der Waals surface area contributed by atoms with Crippen LogP contribution < -0.4 is 5.32 Å². The third kappa shape index (κ3) is 4.72. The van der Waals surface area contributed by atoms with E-state index in [1.54, 1.807) is 19.1 Å². The molecule has 1 aliphatic heterocycles. The van der Waals surface area contributed by atoms with Crippen molar-refractivity contribution in [1.29, 1.82) is 0 Å². The van der Waals surface area contributed by atoms with Gasteiger partial charge in [-0.1, -0.05) is 54.6 Å². The molecule has 4 atom stereocenters. The van der Waals surface area contributed by atoms with E-state index in [1.165, 1.54) is 0 Å². The highest BCUT2D eigenvalue weighted by atomic mass is 19.2. The van der Waals surface area contributed by atoms with E-state index in [9.17, 15) is 18.4 Å². The van der Waals surface area contributed by atoms with Crippen LogP contribution in [0.4, 0.5) is 13.6 Å². The molecular formula is C22H24F2N2O3. The van der Waals surface area contributed by atoms with E-state index in [4.69, 9.17) is 5.11 Å². The number of nitrogens with one attached hydrogen (secondary N) is 1. The van der Waals surface area contributed by atoms with Gasteiger partial charge in [0.1, 0.15) is 6.17 Å². The van der Waals surface area contributed by atoms with Crippen LogP contribution in [0, 0.1) is 0 Å². The third-order valence-corrected chi connectivity index (χ3v) is 5.25. The summed E-state index contributed by atoms with van der Waals surface area (Å²) in [6, 6.07) is 16.0. The minimum absolute atomic E-state index is 0.0737. The van der Waals surface area contributed by atoms with E-state index in [-0.39, 0.29) is 13.0 Å². The van der Waals surface area contributed by atoms with Crippen molar-refractivity contribution in [2.75, 3.05) is 6.54 Å². The minimum Gasteiger partial charge on any atom is -0.465 e. The lowest BCUT2D eigenvalue weighted by Crippen LogP contribution is -2.52. The molecule has 0 bridgehead atoms. The molecule has 154 valence electrons. The van der Waals surface area contributed by atoms with Crippen LogP contribution in [0.15, 0.2) is 54.6 Å². The number of carbonyl (C=O) groups excluding carboxylic acids is 1. The standard InChI is InChI=1S/C22H24F2N2O3/c1-14(25-22(28)29)19(21(27)26-13-5-8-18(23)20(26)24)17-11-9-16(10-12-17)15-6-3-2-4-7-15/h2-4,6-7,9-12,14,18-20,25H,5,8,13H2,1H3,(H,28,29). The number of amides is 2. The Morgan fingerprint density at radius 1 is 1.07 bits per heavy atom. The van der Waals surface area contributed by atoms with Crippen molar-refractivity contribution in [2.45, 2.75) is 44.2 Å². The molecule has 0 radical (unpaired) electrons. The predicted molar refractivity (Wildman–Crippen MR) is 106 cm³/mol. The summed E-state index contributed by atoms with van der Waals surface area (Å²) in [4.78, 5) is 25.1. The van der Waals surface area contributed by atoms with Crippen LogP contribution in [0.1, 0.15) is 31.2 Å². The maximum atomic E-state index is 14.4. The largest absolute Gasteiger partial charge is 0.465 e. The number of hydrogen-bond donors (Lipinski definition) is 2. The number of halogens is 2. The Morgan fingerprint density at radius 2 is 1.69 bits per heavy atom. The molecule has 5 nitrogen and oxygen atoms in total. The number of benzene rings is 2. The van der Waals surface area contributed by atoms with Crippen molar-refractivity contribution in [3.63, 3.8) is 0 Å². The summed E-state index contributed by atoms with van der Waals surface area (Å²) < 4.78 is 28.2. The molecule has 3 rings (SSSR count). The number of carboxylic acid groups (broad SMARTS) is 1. The molecule has 2 amide bonds. The van der Waals surface area contributed by atoms with Gasteiger partial charge >= 0.3 is 6.09 Å². The first-order chi connectivity index (χ1) is 13.9. The van der Waals surface area contributed by atoms with Gasteiger partial charge in [0.25, 0.3) is 0 Å². The van der Waals surface area contributed by atoms with Crippen LogP contribution >= 0.6 is 0 Å². The molecule has 2 aromatic rings. The molecule has 7 heteroatoms. The second-order valence-corrected chi connectivity index (χ2v) is 7.27. The Labute approximate surface area is 168 Å². The van der Waals surface area contributed by atoms with E-state index >= 15 is 0 Å². The van der Waals surface area contributed by atoms with Crippen LogP contribution in [-0.2, 0) is 4.79 Å². The summed E-state index contributed by atoms with van der Waals surface area (Å²) in [6.45, 7) is 1.66. The van der Waals surface area contributed by atoms with Crippen LogP contribution in [0.2, 0.25) is 0 Å². The fourth-order valence-electron chi connectivity index (χ4n) is 3.76. The molecule has 0 saturated carbocycles. The summed E-state index contributed by atoms with van der Waals surface area (Å²) in [5, 5.41) is 11.4. The zero-order valence-corrected chi connectivity index (χ0v) is 16.1. The first-order valence-electron chi connectivity index (χ1n) is 9.62. The molecule has 2 N–H and O–H groups in total. The fourth-order valence-corrected chi connectivity index (χ4v) is 3.76. The lowest BCUT2D eigenvalue weighted by Gasteiger charge is -2.36. The minimum atomic E-state index is -2.01. The van der Waals surface area contributed by atoms with E-state index in [0.717, 1.165) is 16.0 Å². The zero-order valence-electron chi connectivity index (χ0n) is 16.1. The number of piperidine rings is 1. The SMILES string of the molecule is CC(NC(=O)O)C(C(=O)N1CCCC(F)C1F)c1ccc(-c2ccccc2)cc1. The Balaban J connectivity index is 1.91. The maximum absolute atomic E-state index is 14.4. The molecule has 1 saturated heterocycles. The summed E-state index contributed by atoms with van der Waals surface area (Å²) in [5.74, 6) is -1.58. The summed E-state index contributed by atoms with van der Waals surface area (Å²) in [6.07, 6.45) is -4.58. The number of rotatable bonds is 5. The van der Waals surface area contributed by atoms with Crippen molar-refractivity contribution in [2.24, 2.45) is 0 Å². The topological polar surface area (TPSA) is 69.6 Å².